The van der Waals surface area contributed by atoms with Crippen LogP contribution in [-0.2, 0) is 16.1 Å². The number of likely N-dealkylation sites (N-methyl/N-ethyl adjacent to an activating group) is 1. The molecule has 2 amide bonds. The van der Waals surface area contributed by atoms with E-state index in [1.807, 2.05) is 42.2 Å². The summed E-state index contributed by atoms with van der Waals surface area (Å²) < 4.78 is 5.41. The number of amides is 2. The number of primary amides is 1. The first-order valence-electron chi connectivity index (χ1n) is 12.1. The van der Waals surface area contributed by atoms with Crippen molar-refractivity contribution in [2.24, 2.45) is 5.73 Å². The Balaban J connectivity index is 1.53. The Hall–Kier alpha value is -4.80. The van der Waals surface area contributed by atoms with E-state index >= 15 is 0 Å². The van der Waals surface area contributed by atoms with Crippen molar-refractivity contribution < 1.29 is 19.1 Å². The van der Waals surface area contributed by atoms with Gasteiger partial charge in [0.2, 0.25) is 11.9 Å². The quantitative estimate of drug-likeness (QED) is 0.325. The lowest BCUT2D eigenvalue weighted by molar-refractivity contribution is -0.126. The lowest BCUT2D eigenvalue weighted by atomic mass is 10.1. The van der Waals surface area contributed by atoms with Crippen LogP contribution in [0.2, 0.25) is 0 Å². The van der Waals surface area contributed by atoms with Gasteiger partial charge in [0.05, 0.1) is 11.6 Å². The molecule has 2 heterocycles. The van der Waals surface area contributed by atoms with Crippen LogP contribution in [0.1, 0.15) is 39.8 Å². The zero-order valence-corrected chi connectivity index (χ0v) is 21.2. The number of carbonyl (C=O) groups excluding carboxylic acids is 3. The number of nitrogens with two attached hydrogens (primary N) is 1. The van der Waals surface area contributed by atoms with Gasteiger partial charge in [-0.2, -0.15) is 4.98 Å². The highest BCUT2D eigenvalue weighted by Gasteiger charge is 2.36. The van der Waals surface area contributed by atoms with E-state index in [0.717, 1.165) is 5.56 Å². The van der Waals surface area contributed by atoms with Crippen molar-refractivity contribution in [3.8, 4) is 0 Å². The standard InChI is InChI=1S/C27H29N7O4/c1-4-22(35)34-14-13-21(17(34)2)33(3)27-30-25(23(24(28)36)31-32-27)29-20-12-8-11-19(15-20)26(37)38-16-18-9-6-5-7-10-18/h4-12,15,17,21H,1,13-14,16H2,2-3H3,(H2,28,36)(H,29,30,32)/t17-,21-/m1/s1. The van der Waals surface area contributed by atoms with Crippen molar-refractivity contribution in [3.63, 3.8) is 0 Å². The van der Waals surface area contributed by atoms with Gasteiger partial charge >= 0.3 is 5.97 Å². The van der Waals surface area contributed by atoms with E-state index in [1.54, 1.807) is 36.2 Å². The lowest BCUT2D eigenvalue weighted by Crippen LogP contribution is -2.44. The molecule has 2 atom stereocenters. The Morgan fingerprint density at radius 1 is 1.18 bits per heavy atom. The summed E-state index contributed by atoms with van der Waals surface area (Å²) in [7, 11) is 1.80. The molecule has 196 valence electrons. The normalized spacial score (nSPS) is 16.5. The summed E-state index contributed by atoms with van der Waals surface area (Å²) in [4.78, 5) is 44.9. The molecule has 1 aliphatic rings. The minimum atomic E-state index is -0.808. The number of nitrogens with zero attached hydrogens (tertiary/aromatic N) is 5. The molecule has 1 aromatic heterocycles. The molecule has 0 bridgehead atoms. The topological polar surface area (TPSA) is 144 Å². The minimum absolute atomic E-state index is 0.0734. The SMILES string of the molecule is C=CC(=O)N1CC[C@@H](N(C)c2nnc(C(N)=O)c(Nc3cccc(C(=O)OCc4ccccc4)c3)n2)[C@H]1C. The van der Waals surface area contributed by atoms with Gasteiger partial charge < -0.3 is 25.6 Å². The number of carbonyl (C=O) groups is 3. The van der Waals surface area contributed by atoms with E-state index in [2.05, 4.69) is 27.1 Å². The van der Waals surface area contributed by atoms with E-state index in [-0.39, 0.29) is 42.1 Å². The summed E-state index contributed by atoms with van der Waals surface area (Å²) in [5.74, 6) is -1.10. The fraction of sp³-hybridized carbons (Fsp3) is 0.259. The molecule has 0 saturated carbocycles. The van der Waals surface area contributed by atoms with Gasteiger partial charge in [-0.15, -0.1) is 10.2 Å². The van der Waals surface area contributed by atoms with Crippen LogP contribution in [0.3, 0.4) is 0 Å². The predicted octanol–water partition coefficient (Wildman–Crippen LogP) is 2.68. The van der Waals surface area contributed by atoms with Gasteiger partial charge in [-0.05, 0) is 43.2 Å². The molecule has 0 aliphatic carbocycles. The summed E-state index contributed by atoms with van der Waals surface area (Å²) in [6.45, 7) is 6.23. The average Bonchev–Trinajstić information content (AvgIpc) is 3.32. The minimum Gasteiger partial charge on any atom is -0.457 e. The Morgan fingerprint density at radius 3 is 2.66 bits per heavy atom. The maximum absolute atomic E-state index is 12.6. The van der Waals surface area contributed by atoms with Crippen LogP contribution in [0, 0.1) is 0 Å². The molecule has 11 heteroatoms. The molecule has 1 aliphatic heterocycles. The maximum Gasteiger partial charge on any atom is 0.338 e. The number of rotatable bonds is 9. The zero-order chi connectivity index (χ0) is 27.2. The van der Waals surface area contributed by atoms with Crippen LogP contribution in [0.15, 0.2) is 67.3 Å². The van der Waals surface area contributed by atoms with Crippen LogP contribution in [0.5, 0.6) is 0 Å². The van der Waals surface area contributed by atoms with Crippen LogP contribution >= 0.6 is 0 Å². The molecule has 3 N–H and O–H groups in total. The number of hydrogen-bond donors (Lipinski definition) is 2. The third-order valence-corrected chi connectivity index (χ3v) is 6.47. The first-order chi connectivity index (χ1) is 18.3. The second-order valence-electron chi connectivity index (χ2n) is 8.88. The highest BCUT2D eigenvalue weighted by Crippen LogP contribution is 2.26. The number of anilines is 3. The molecule has 0 unspecified atom stereocenters. The third kappa shape index (κ3) is 5.77. The van der Waals surface area contributed by atoms with Crippen molar-refractivity contribution in [1.29, 1.82) is 0 Å². The average molecular weight is 516 g/mol. The fourth-order valence-electron chi connectivity index (χ4n) is 4.40. The smallest absolute Gasteiger partial charge is 0.338 e. The van der Waals surface area contributed by atoms with E-state index in [0.29, 0.717) is 24.2 Å². The Labute approximate surface area is 220 Å². The molecule has 38 heavy (non-hydrogen) atoms. The number of hydrogen-bond acceptors (Lipinski definition) is 9. The van der Waals surface area contributed by atoms with Gasteiger partial charge in [0.25, 0.3) is 5.91 Å². The number of aromatic nitrogens is 3. The first kappa shape index (κ1) is 26.3. The van der Waals surface area contributed by atoms with Gasteiger partial charge in [0.15, 0.2) is 11.5 Å². The molecule has 0 radical (unpaired) electrons. The highest BCUT2D eigenvalue weighted by molar-refractivity contribution is 5.96. The van der Waals surface area contributed by atoms with Gasteiger partial charge in [-0.25, -0.2) is 4.79 Å². The van der Waals surface area contributed by atoms with Crippen molar-refractivity contribution in [2.75, 3.05) is 23.8 Å². The number of nitrogens with one attached hydrogen (secondary N) is 1. The number of esters is 1. The van der Waals surface area contributed by atoms with E-state index < -0.39 is 11.9 Å². The van der Waals surface area contributed by atoms with E-state index in [4.69, 9.17) is 10.5 Å². The van der Waals surface area contributed by atoms with Crippen LogP contribution in [0.4, 0.5) is 17.5 Å². The monoisotopic (exact) mass is 515 g/mol. The van der Waals surface area contributed by atoms with Crippen molar-refractivity contribution in [3.05, 3.63) is 84.1 Å². The zero-order valence-electron chi connectivity index (χ0n) is 21.2. The summed E-state index contributed by atoms with van der Waals surface area (Å²) in [6, 6.07) is 15.8. The fourth-order valence-corrected chi connectivity index (χ4v) is 4.40. The molecular formula is C27H29N7O4. The van der Waals surface area contributed by atoms with E-state index in [9.17, 15) is 14.4 Å². The van der Waals surface area contributed by atoms with Crippen molar-refractivity contribution >= 4 is 35.2 Å². The Kier molecular flexibility index (Phi) is 7.95. The Bertz CT molecular complexity index is 1350. The van der Waals surface area contributed by atoms with Crippen LogP contribution in [0.25, 0.3) is 0 Å². The molecule has 4 rings (SSSR count). The summed E-state index contributed by atoms with van der Waals surface area (Å²) in [6.07, 6.45) is 2.00. The molecule has 1 saturated heterocycles. The van der Waals surface area contributed by atoms with Gasteiger partial charge in [-0.1, -0.05) is 43.0 Å². The van der Waals surface area contributed by atoms with Gasteiger partial charge in [-0.3, -0.25) is 9.59 Å². The first-order valence-corrected chi connectivity index (χ1v) is 12.1. The molecule has 1 fully saturated rings. The van der Waals surface area contributed by atoms with Crippen molar-refractivity contribution in [1.82, 2.24) is 20.1 Å². The number of ether oxygens (including phenoxy) is 1. The second-order valence-corrected chi connectivity index (χ2v) is 8.88. The molecule has 0 spiro atoms. The van der Waals surface area contributed by atoms with Crippen LogP contribution in [-0.4, -0.2) is 63.5 Å². The molecular weight excluding hydrogens is 486 g/mol. The third-order valence-electron chi connectivity index (χ3n) is 6.47. The molecule has 11 nitrogen and oxygen atoms in total. The predicted molar refractivity (Wildman–Crippen MR) is 142 cm³/mol. The molecule has 3 aromatic rings. The van der Waals surface area contributed by atoms with Crippen LogP contribution < -0.4 is 16.0 Å². The summed E-state index contributed by atoms with van der Waals surface area (Å²) >= 11 is 0. The largest absolute Gasteiger partial charge is 0.457 e. The maximum atomic E-state index is 12.6. The second kappa shape index (κ2) is 11.5. The highest BCUT2D eigenvalue weighted by atomic mass is 16.5. The Morgan fingerprint density at radius 2 is 1.95 bits per heavy atom. The van der Waals surface area contributed by atoms with Gasteiger partial charge in [0, 0.05) is 25.3 Å². The lowest BCUT2D eigenvalue weighted by Gasteiger charge is -2.30. The van der Waals surface area contributed by atoms with E-state index in [1.165, 1.54) is 6.08 Å². The van der Waals surface area contributed by atoms with Crippen molar-refractivity contribution in [2.45, 2.75) is 32.0 Å². The summed E-state index contributed by atoms with van der Waals surface area (Å²) in [5.41, 5.74) is 7.04. The number of likely N-dealkylation sites (tertiary alicyclic amines) is 1. The number of benzene rings is 2. The molecule has 2 aromatic carbocycles. The summed E-state index contributed by atoms with van der Waals surface area (Å²) in [5, 5.41) is 11.1. The van der Waals surface area contributed by atoms with Gasteiger partial charge in [0.1, 0.15) is 6.61 Å².